The van der Waals surface area contributed by atoms with Crippen LogP contribution in [0.5, 0.6) is 0 Å². The highest BCUT2D eigenvalue weighted by Crippen LogP contribution is 2.17. The van der Waals surface area contributed by atoms with Crippen LogP contribution in [-0.2, 0) is 7.05 Å². The van der Waals surface area contributed by atoms with Crippen LogP contribution < -0.4 is 5.73 Å². The Balaban J connectivity index is 2.87. The summed E-state index contributed by atoms with van der Waals surface area (Å²) in [6.07, 6.45) is 0. The number of fused-ring (bicyclic) bond motifs is 1. The minimum absolute atomic E-state index is 0.403. The number of nitrogen functional groups attached to an aromatic ring is 1. The van der Waals surface area contributed by atoms with Gasteiger partial charge in [0.25, 0.3) is 0 Å². The molecule has 1 aromatic carbocycles. The highest BCUT2D eigenvalue weighted by Gasteiger charge is 2.05. The Bertz CT molecular complexity index is 504. The first-order valence-electron chi connectivity index (χ1n) is 3.84. The second-order valence-corrected chi connectivity index (χ2v) is 2.85. The average Bonchev–Trinajstić information content (AvgIpc) is 2.44. The number of nitriles is 1. The van der Waals surface area contributed by atoms with Crippen LogP contribution in [0.1, 0.15) is 5.82 Å². The largest absolute Gasteiger partial charge is 0.399 e. The van der Waals surface area contributed by atoms with Crippen molar-refractivity contribution < 1.29 is 0 Å². The van der Waals surface area contributed by atoms with E-state index in [1.165, 1.54) is 0 Å². The maximum Gasteiger partial charge on any atom is 0.213 e. The van der Waals surface area contributed by atoms with Gasteiger partial charge in [0, 0.05) is 12.7 Å². The molecule has 1 heterocycles. The fourth-order valence-corrected chi connectivity index (χ4v) is 1.31. The summed E-state index contributed by atoms with van der Waals surface area (Å²) >= 11 is 0. The van der Waals surface area contributed by atoms with Gasteiger partial charge in [0.1, 0.15) is 6.07 Å². The molecule has 2 N–H and O–H groups in total. The van der Waals surface area contributed by atoms with Crippen LogP contribution in [0.2, 0.25) is 0 Å². The minimum atomic E-state index is 0.403. The maximum atomic E-state index is 8.72. The molecule has 4 heteroatoms. The number of anilines is 1. The third-order valence-corrected chi connectivity index (χ3v) is 2.00. The minimum Gasteiger partial charge on any atom is -0.399 e. The van der Waals surface area contributed by atoms with Crippen LogP contribution in [0.3, 0.4) is 0 Å². The summed E-state index contributed by atoms with van der Waals surface area (Å²) in [7, 11) is 1.80. The number of hydrogen-bond acceptors (Lipinski definition) is 3. The Morgan fingerprint density at radius 3 is 3.00 bits per heavy atom. The van der Waals surface area contributed by atoms with Crippen LogP contribution in [0.15, 0.2) is 18.2 Å². The highest BCUT2D eigenvalue weighted by atomic mass is 15.1. The Labute approximate surface area is 75.2 Å². The number of rotatable bonds is 0. The van der Waals surface area contributed by atoms with Gasteiger partial charge in [-0.1, -0.05) is 0 Å². The topological polar surface area (TPSA) is 67.6 Å². The van der Waals surface area contributed by atoms with Gasteiger partial charge in [-0.2, -0.15) is 5.26 Å². The Kier molecular flexibility index (Phi) is 1.46. The molecule has 1 aromatic heterocycles. The molecule has 13 heavy (non-hydrogen) atoms. The summed E-state index contributed by atoms with van der Waals surface area (Å²) in [6, 6.07) is 7.41. The highest BCUT2D eigenvalue weighted by molar-refractivity contribution is 5.80. The van der Waals surface area contributed by atoms with Crippen LogP contribution in [0.25, 0.3) is 11.0 Å². The molecule has 0 amide bonds. The van der Waals surface area contributed by atoms with Crippen LogP contribution in [0, 0.1) is 11.3 Å². The molecule has 0 atom stereocenters. The van der Waals surface area contributed by atoms with Gasteiger partial charge in [0.05, 0.1) is 11.0 Å². The summed E-state index contributed by atoms with van der Waals surface area (Å²) in [5, 5.41) is 8.72. The number of aryl methyl sites for hydroxylation is 1. The second kappa shape index (κ2) is 2.49. The van der Waals surface area contributed by atoms with Crippen molar-refractivity contribution in [2.24, 2.45) is 7.05 Å². The molecule has 0 fully saturated rings. The predicted octanol–water partition coefficient (Wildman–Crippen LogP) is 1.03. The van der Waals surface area contributed by atoms with Crippen molar-refractivity contribution in [2.75, 3.05) is 5.73 Å². The monoisotopic (exact) mass is 172 g/mol. The van der Waals surface area contributed by atoms with Crippen molar-refractivity contribution in [3.05, 3.63) is 24.0 Å². The van der Waals surface area contributed by atoms with E-state index >= 15 is 0 Å². The first kappa shape index (κ1) is 7.62. The molecule has 0 spiro atoms. The fraction of sp³-hybridized carbons (Fsp3) is 0.111. The zero-order valence-corrected chi connectivity index (χ0v) is 7.15. The fourth-order valence-electron chi connectivity index (χ4n) is 1.31. The van der Waals surface area contributed by atoms with E-state index in [2.05, 4.69) is 4.98 Å². The average molecular weight is 172 g/mol. The Morgan fingerprint density at radius 2 is 2.31 bits per heavy atom. The van der Waals surface area contributed by atoms with Crippen molar-refractivity contribution in [2.45, 2.75) is 0 Å². The molecule has 0 aliphatic heterocycles. The van der Waals surface area contributed by atoms with Gasteiger partial charge >= 0.3 is 0 Å². The summed E-state index contributed by atoms with van der Waals surface area (Å²) in [5.74, 6) is 0.403. The second-order valence-electron chi connectivity index (χ2n) is 2.85. The molecular weight excluding hydrogens is 164 g/mol. The lowest BCUT2D eigenvalue weighted by molar-refractivity contribution is 0.921. The Hall–Kier alpha value is -2.02. The molecule has 0 radical (unpaired) electrons. The van der Waals surface area contributed by atoms with E-state index in [9.17, 15) is 0 Å². The zero-order valence-electron chi connectivity index (χ0n) is 7.15. The number of benzene rings is 1. The van der Waals surface area contributed by atoms with Crippen LogP contribution in [0.4, 0.5) is 5.69 Å². The van der Waals surface area contributed by atoms with Crippen molar-refractivity contribution >= 4 is 16.7 Å². The van der Waals surface area contributed by atoms with E-state index < -0.39 is 0 Å². The molecule has 2 rings (SSSR count). The standard InChI is InChI=1S/C9H8N4/c1-13-8-4-6(11)2-3-7(8)12-9(13)5-10/h2-4H,11H2,1H3. The van der Waals surface area contributed by atoms with Crippen LogP contribution in [-0.4, -0.2) is 9.55 Å². The molecule has 0 unspecified atom stereocenters. The van der Waals surface area contributed by atoms with Gasteiger partial charge in [0.15, 0.2) is 0 Å². The molecule has 0 saturated carbocycles. The summed E-state index contributed by atoms with van der Waals surface area (Å²) in [5.41, 5.74) is 7.99. The van der Waals surface area contributed by atoms with E-state index in [0.717, 1.165) is 11.0 Å². The van der Waals surface area contributed by atoms with E-state index in [-0.39, 0.29) is 0 Å². The van der Waals surface area contributed by atoms with Crippen molar-refractivity contribution in [1.82, 2.24) is 9.55 Å². The van der Waals surface area contributed by atoms with Gasteiger partial charge in [-0.05, 0) is 18.2 Å². The number of imidazole rings is 1. The van der Waals surface area contributed by atoms with E-state index in [1.807, 2.05) is 18.2 Å². The molecule has 0 aliphatic rings. The molecule has 0 aliphatic carbocycles. The predicted molar refractivity (Wildman–Crippen MR) is 49.8 cm³/mol. The van der Waals surface area contributed by atoms with E-state index in [0.29, 0.717) is 11.5 Å². The normalized spacial score (nSPS) is 10.2. The smallest absolute Gasteiger partial charge is 0.213 e. The van der Waals surface area contributed by atoms with Gasteiger partial charge in [-0.25, -0.2) is 4.98 Å². The molecule has 0 saturated heterocycles. The summed E-state index contributed by atoms with van der Waals surface area (Å²) < 4.78 is 1.73. The number of hydrogen-bond donors (Lipinski definition) is 1. The summed E-state index contributed by atoms with van der Waals surface area (Å²) in [6.45, 7) is 0. The van der Waals surface area contributed by atoms with Crippen molar-refractivity contribution in [3.8, 4) is 6.07 Å². The third kappa shape index (κ3) is 1.02. The van der Waals surface area contributed by atoms with E-state index in [4.69, 9.17) is 11.0 Å². The van der Waals surface area contributed by atoms with Crippen molar-refractivity contribution in [1.29, 1.82) is 5.26 Å². The molecule has 0 bridgehead atoms. The lowest BCUT2D eigenvalue weighted by Crippen LogP contribution is -1.92. The lowest BCUT2D eigenvalue weighted by atomic mass is 10.3. The third-order valence-electron chi connectivity index (χ3n) is 2.00. The molecule has 4 nitrogen and oxygen atoms in total. The SMILES string of the molecule is Cn1c(C#N)nc2ccc(N)cc21. The number of nitrogens with zero attached hydrogens (tertiary/aromatic N) is 3. The first-order valence-corrected chi connectivity index (χ1v) is 3.84. The number of nitrogens with two attached hydrogens (primary N) is 1. The van der Waals surface area contributed by atoms with Gasteiger partial charge in [-0.3, -0.25) is 0 Å². The first-order chi connectivity index (χ1) is 6.22. The van der Waals surface area contributed by atoms with Crippen LogP contribution >= 0.6 is 0 Å². The van der Waals surface area contributed by atoms with Gasteiger partial charge in [0.2, 0.25) is 5.82 Å². The Morgan fingerprint density at radius 1 is 1.54 bits per heavy atom. The van der Waals surface area contributed by atoms with E-state index in [1.54, 1.807) is 17.7 Å². The zero-order chi connectivity index (χ0) is 9.42. The maximum absolute atomic E-state index is 8.72. The lowest BCUT2D eigenvalue weighted by Gasteiger charge is -1.95. The van der Waals surface area contributed by atoms with Gasteiger partial charge in [-0.15, -0.1) is 0 Å². The quantitative estimate of drug-likeness (QED) is 0.603. The summed E-state index contributed by atoms with van der Waals surface area (Å²) in [4.78, 5) is 4.12. The van der Waals surface area contributed by atoms with Gasteiger partial charge < -0.3 is 10.3 Å². The van der Waals surface area contributed by atoms with Crippen molar-refractivity contribution in [3.63, 3.8) is 0 Å². The molecular formula is C9H8N4. The number of aromatic nitrogens is 2. The molecule has 2 aromatic rings. The molecule has 64 valence electrons.